The third kappa shape index (κ3) is 5.66. The van der Waals surface area contributed by atoms with Crippen molar-refractivity contribution < 1.29 is 4.79 Å². The van der Waals surface area contributed by atoms with Crippen molar-refractivity contribution in [3.05, 3.63) is 50.7 Å². The number of rotatable bonds is 10. The molecule has 1 saturated carbocycles. The molecule has 0 spiro atoms. The van der Waals surface area contributed by atoms with E-state index in [1.807, 2.05) is 6.07 Å². The van der Waals surface area contributed by atoms with E-state index in [-0.39, 0.29) is 30.0 Å². The Morgan fingerprint density at radius 1 is 1.30 bits per heavy atom. The van der Waals surface area contributed by atoms with Crippen molar-refractivity contribution in [2.45, 2.75) is 44.8 Å². The molecular formula is C22H27Cl2N7O2. The topological polar surface area (TPSA) is 108 Å². The predicted molar refractivity (Wildman–Crippen MR) is 130 cm³/mol. The lowest BCUT2D eigenvalue weighted by molar-refractivity contribution is -0.121. The number of anilines is 1. The summed E-state index contributed by atoms with van der Waals surface area (Å²) in [5.74, 6) is -0.159. The number of hydrogen-bond donors (Lipinski definition) is 3. The Kier molecular flexibility index (Phi) is 7.52. The molecule has 1 aliphatic rings. The smallest absolute Gasteiger partial charge is 0.294 e. The summed E-state index contributed by atoms with van der Waals surface area (Å²) >= 11 is 12.3. The average molecular weight is 492 g/mol. The molecule has 0 radical (unpaired) electrons. The van der Waals surface area contributed by atoms with Gasteiger partial charge in [0.1, 0.15) is 17.3 Å². The first kappa shape index (κ1) is 23.5. The van der Waals surface area contributed by atoms with Crippen LogP contribution in [0.15, 0.2) is 29.5 Å². The molecule has 0 aromatic carbocycles. The third-order valence-electron chi connectivity index (χ3n) is 6.01. The summed E-state index contributed by atoms with van der Waals surface area (Å²) < 4.78 is 1.21. The lowest BCUT2D eigenvalue weighted by Crippen LogP contribution is -2.38. The Morgan fingerprint density at radius 2 is 2.12 bits per heavy atom. The number of amides is 1. The molecular weight excluding hydrogens is 465 g/mol. The van der Waals surface area contributed by atoms with Crippen molar-refractivity contribution in [3.8, 4) is 0 Å². The van der Waals surface area contributed by atoms with E-state index in [9.17, 15) is 9.59 Å². The van der Waals surface area contributed by atoms with Gasteiger partial charge in [-0.05, 0) is 44.5 Å². The van der Waals surface area contributed by atoms with Gasteiger partial charge in [-0.15, -0.1) is 0 Å². The quantitative estimate of drug-likeness (QED) is 0.376. The summed E-state index contributed by atoms with van der Waals surface area (Å²) in [7, 11) is 2.14. The molecule has 176 valence electrons. The molecule has 4 rings (SSSR count). The maximum atomic E-state index is 12.8. The van der Waals surface area contributed by atoms with E-state index in [2.05, 4.69) is 37.5 Å². The largest absolute Gasteiger partial charge is 0.365 e. The highest BCUT2D eigenvalue weighted by molar-refractivity contribution is 6.35. The minimum atomic E-state index is -0.424. The highest BCUT2D eigenvalue weighted by Crippen LogP contribution is 2.23. The van der Waals surface area contributed by atoms with Crippen LogP contribution in [0.3, 0.4) is 0 Å². The van der Waals surface area contributed by atoms with E-state index < -0.39 is 5.56 Å². The first-order valence-corrected chi connectivity index (χ1v) is 11.8. The molecule has 9 nitrogen and oxygen atoms in total. The zero-order valence-corrected chi connectivity index (χ0v) is 19.9. The third-order valence-corrected chi connectivity index (χ3v) is 6.63. The standard InChI is InChI=1S/C22H27Cl2N7O2/c1-30(15-4-2-5-15)7-3-6-25-21-22(33)31(18(24)12-29-21)13-19(32)26-9-14-8-16-17(23)11-28-20(16)27-10-14/h8,10-12,15H,2-7,9,13H2,1H3,(H,25,29)(H,26,32)(H,27,28). The zero-order chi connectivity index (χ0) is 23.4. The van der Waals surface area contributed by atoms with E-state index in [1.165, 1.54) is 30.0 Å². The number of hydrogen-bond acceptors (Lipinski definition) is 6. The summed E-state index contributed by atoms with van der Waals surface area (Å²) in [6.07, 6.45) is 9.43. The maximum absolute atomic E-state index is 12.8. The van der Waals surface area contributed by atoms with E-state index >= 15 is 0 Å². The molecule has 1 fully saturated rings. The molecule has 0 atom stereocenters. The number of fused-ring (bicyclic) bond motifs is 1. The van der Waals surface area contributed by atoms with Crippen LogP contribution in [0, 0.1) is 0 Å². The molecule has 0 aliphatic heterocycles. The number of aromatic nitrogens is 4. The zero-order valence-electron chi connectivity index (χ0n) is 18.4. The van der Waals surface area contributed by atoms with Gasteiger partial charge in [-0.2, -0.15) is 0 Å². The highest BCUT2D eigenvalue weighted by atomic mass is 35.5. The van der Waals surface area contributed by atoms with Crippen LogP contribution >= 0.6 is 23.2 Å². The van der Waals surface area contributed by atoms with Gasteiger partial charge in [-0.3, -0.25) is 14.2 Å². The molecule has 1 aliphatic carbocycles. The Bertz CT molecular complexity index is 1190. The Hall–Kier alpha value is -2.62. The van der Waals surface area contributed by atoms with Gasteiger partial charge < -0.3 is 20.5 Å². The Balaban J connectivity index is 1.31. The molecule has 3 aromatic rings. The van der Waals surface area contributed by atoms with E-state index in [4.69, 9.17) is 23.2 Å². The van der Waals surface area contributed by atoms with Gasteiger partial charge in [0.25, 0.3) is 5.56 Å². The molecule has 33 heavy (non-hydrogen) atoms. The maximum Gasteiger partial charge on any atom is 0.294 e. The van der Waals surface area contributed by atoms with Crippen LogP contribution in [0.25, 0.3) is 11.0 Å². The minimum Gasteiger partial charge on any atom is -0.365 e. The second-order valence-electron chi connectivity index (χ2n) is 8.32. The number of H-pyrrole nitrogens is 1. The molecule has 0 bridgehead atoms. The van der Waals surface area contributed by atoms with Crippen molar-refractivity contribution in [1.29, 1.82) is 0 Å². The van der Waals surface area contributed by atoms with Crippen LogP contribution in [0.2, 0.25) is 10.2 Å². The number of carbonyl (C=O) groups excluding carboxylic acids is 1. The fourth-order valence-electron chi connectivity index (χ4n) is 3.79. The SMILES string of the molecule is CN(CCCNc1ncc(Cl)n(CC(=O)NCc2cnc3[nH]cc(Cl)c3c2)c1=O)C1CCC1. The highest BCUT2D eigenvalue weighted by Gasteiger charge is 2.21. The second kappa shape index (κ2) is 10.5. The summed E-state index contributed by atoms with van der Waals surface area (Å²) in [4.78, 5) is 39.0. The van der Waals surface area contributed by atoms with Crippen molar-refractivity contribution in [2.24, 2.45) is 0 Å². The van der Waals surface area contributed by atoms with Gasteiger partial charge in [0.15, 0.2) is 5.82 Å². The van der Waals surface area contributed by atoms with Gasteiger partial charge in [0.05, 0.1) is 11.2 Å². The van der Waals surface area contributed by atoms with Gasteiger partial charge in [-0.1, -0.05) is 29.6 Å². The van der Waals surface area contributed by atoms with Crippen LogP contribution in [0.4, 0.5) is 5.82 Å². The summed E-state index contributed by atoms with van der Waals surface area (Å²) in [5, 5.41) is 7.32. The van der Waals surface area contributed by atoms with Crippen molar-refractivity contribution in [3.63, 3.8) is 0 Å². The predicted octanol–water partition coefficient (Wildman–Crippen LogP) is 3.03. The van der Waals surface area contributed by atoms with Crippen LogP contribution in [0.5, 0.6) is 0 Å². The minimum absolute atomic E-state index is 0.104. The van der Waals surface area contributed by atoms with Crippen LogP contribution in [-0.2, 0) is 17.9 Å². The van der Waals surface area contributed by atoms with Crippen LogP contribution in [0.1, 0.15) is 31.2 Å². The van der Waals surface area contributed by atoms with Crippen molar-refractivity contribution in [2.75, 3.05) is 25.5 Å². The molecule has 0 saturated heterocycles. The number of carbonyl (C=O) groups is 1. The van der Waals surface area contributed by atoms with E-state index in [0.717, 1.165) is 23.9 Å². The normalized spacial score (nSPS) is 13.9. The molecule has 3 N–H and O–H groups in total. The number of nitrogens with one attached hydrogen (secondary N) is 3. The Morgan fingerprint density at radius 3 is 2.88 bits per heavy atom. The average Bonchev–Trinajstić information content (AvgIpc) is 3.13. The van der Waals surface area contributed by atoms with E-state index in [0.29, 0.717) is 23.3 Å². The first-order chi connectivity index (χ1) is 15.9. The number of aromatic amines is 1. The van der Waals surface area contributed by atoms with Crippen molar-refractivity contribution in [1.82, 2.24) is 29.7 Å². The number of pyridine rings is 1. The second-order valence-corrected chi connectivity index (χ2v) is 9.11. The lowest BCUT2D eigenvalue weighted by Gasteiger charge is -2.34. The Labute approximate surface area is 201 Å². The molecule has 3 heterocycles. The first-order valence-electron chi connectivity index (χ1n) is 11.0. The molecule has 3 aromatic heterocycles. The summed E-state index contributed by atoms with van der Waals surface area (Å²) in [6.45, 7) is 1.61. The van der Waals surface area contributed by atoms with Crippen molar-refractivity contribution >= 4 is 46.0 Å². The fraction of sp³-hybridized carbons (Fsp3) is 0.455. The number of nitrogens with zero attached hydrogens (tertiary/aromatic N) is 4. The molecule has 1 amide bonds. The van der Waals surface area contributed by atoms with Crippen LogP contribution < -0.4 is 16.2 Å². The van der Waals surface area contributed by atoms with E-state index in [1.54, 1.807) is 12.4 Å². The van der Waals surface area contributed by atoms with Gasteiger partial charge in [0.2, 0.25) is 5.91 Å². The molecule has 11 heteroatoms. The summed E-state index contributed by atoms with van der Waals surface area (Å²) in [5.41, 5.74) is 1.05. The monoisotopic (exact) mass is 491 g/mol. The van der Waals surface area contributed by atoms with Crippen LogP contribution in [-0.4, -0.2) is 56.5 Å². The van der Waals surface area contributed by atoms with Gasteiger partial charge in [0, 0.05) is 36.9 Å². The number of halogens is 2. The molecule has 0 unspecified atom stereocenters. The summed E-state index contributed by atoms with van der Waals surface area (Å²) in [6, 6.07) is 2.55. The van der Waals surface area contributed by atoms with Gasteiger partial charge >= 0.3 is 0 Å². The lowest BCUT2D eigenvalue weighted by atomic mass is 9.92. The fourth-order valence-corrected chi connectivity index (χ4v) is 4.18. The van der Waals surface area contributed by atoms with Gasteiger partial charge in [-0.25, -0.2) is 9.97 Å².